The SMILES string of the molecule is CCc1ccccc1.O=PO. The zero-order valence-electron chi connectivity index (χ0n) is 6.40. The topological polar surface area (TPSA) is 37.3 Å². The fourth-order valence-electron chi connectivity index (χ4n) is 0.714. The molecule has 0 bridgehead atoms. The first-order valence-corrected chi connectivity index (χ1v) is 4.12. The van der Waals surface area contributed by atoms with E-state index in [0.717, 1.165) is 6.42 Å². The molecule has 0 saturated heterocycles. The average Bonchev–Trinajstić information content (AvgIpc) is 2.08. The van der Waals surface area contributed by atoms with Crippen molar-refractivity contribution in [2.75, 3.05) is 0 Å². The minimum absolute atomic E-state index is 0.833. The maximum atomic E-state index is 8.46. The first-order chi connectivity index (χ1) is 5.35. The average molecular weight is 170 g/mol. The van der Waals surface area contributed by atoms with Gasteiger partial charge in [-0.1, -0.05) is 37.3 Å². The lowest BCUT2D eigenvalue weighted by Gasteiger charge is -1.89. The van der Waals surface area contributed by atoms with Crippen LogP contribution in [0.4, 0.5) is 0 Å². The van der Waals surface area contributed by atoms with Crippen LogP contribution in [0.3, 0.4) is 0 Å². The first kappa shape index (κ1) is 10.3. The molecule has 0 unspecified atom stereocenters. The van der Waals surface area contributed by atoms with E-state index in [1.54, 1.807) is 0 Å². The first-order valence-electron chi connectivity index (χ1n) is 3.35. The van der Waals surface area contributed by atoms with Gasteiger partial charge in [-0.25, -0.2) is 4.57 Å². The van der Waals surface area contributed by atoms with Crippen LogP contribution in [0.2, 0.25) is 0 Å². The van der Waals surface area contributed by atoms with Crippen LogP contribution in [-0.4, -0.2) is 4.89 Å². The molecule has 0 aliphatic rings. The molecule has 0 aliphatic heterocycles. The van der Waals surface area contributed by atoms with Crippen LogP contribution in [0, 0.1) is 0 Å². The van der Waals surface area contributed by atoms with Crippen LogP contribution >= 0.6 is 8.69 Å². The second-order valence-electron chi connectivity index (χ2n) is 1.92. The number of hydrogen-bond acceptors (Lipinski definition) is 1. The molecule has 0 heterocycles. The van der Waals surface area contributed by atoms with E-state index in [-0.39, 0.29) is 0 Å². The second-order valence-corrected chi connectivity index (χ2v) is 2.08. The van der Waals surface area contributed by atoms with E-state index in [2.05, 4.69) is 31.2 Å². The summed E-state index contributed by atoms with van der Waals surface area (Å²) in [6, 6.07) is 10.5. The van der Waals surface area contributed by atoms with Crippen molar-refractivity contribution < 1.29 is 9.46 Å². The highest BCUT2D eigenvalue weighted by Gasteiger charge is 1.79. The Labute approximate surface area is 68.2 Å². The molecular weight excluding hydrogens is 159 g/mol. The fourth-order valence-corrected chi connectivity index (χ4v) is 0.714. The van der Waals surface area contributed by atoms with Gasteiger partial charge in [-0.2, -0.15) is 0 Å². The molecule has 1 N–H and O–H groups in total. The van der Waals surface area contributed by atoms with Gasteiger partial charge in [0.25, 0.3) is 0 Å². The highest BCUT2D eigenvalue weighted by molar-refractivity contribution is 7.16. The van der Waals surface area contributed by atoms with Crippen LogP contribution in [-0.2, 0) is 11.0 Å². The molecule has 3 heteroatoms. The van der Waals surface area contributed by atoms with Gasteiger partial charge in [-0.15, -0.1) is 0 Å². The minimum Gasteiger partial charge on any atom is -0.310 e. The second kappa shape index (κ2) is 7.39. The summed E-state index contributed by atoms with van der Waals surface area (Å²) in [5, 5.41) is 0. The quantitative estimate of drug-likeness (QED) is 0.657. The van der Waals surface area contributed by atoms with Crippen molar-refractivity contribution in [1.29, 1.82) is 0 Å². The predicted molar refractivity (Wildman–Crippen MR) is 45.6 cm³/mol. The van der Waals surface area contributed by atoms with Crippen LogP contribution in [0.25, 0.3) is 0 Å². The van der Waals surface area contributed by atoms with Crippen molar-refractivity contribution in [1.82, 2.24) is 0 Å². The highest BCUT2D eigenvalue weighted by Crippen LogP contribution is 1.96. The molecule has 0 amide bonds. The van der Waals surface area contributed by atoms with Crippen molar-refractivity contribution >= 4 is 8.69 Å². The smallest absolute Gasteiger partial charge is 0.310 e. The van der Waals surface area contributed by atoms with Gasteiger partial charge in [0, 0.05) is 0 Å². The molecule has 0 radical (unpaired) electrons. The van der Waals surface area contributed by atoms with E-state index >= 15 is 0 Å². The minimum atomic E-state index is -0.833. The Morgan fingerprint density at radius 2 is 1.82 bits per heavy atom. The van der Waals surface area contributed by atoms with E-state index < -0.39 is 8.69 Å². The summed E-state index contributed by atoms with van der Waals surface area (Å²) in [4.78, 5) is 6.99. The van der Waals surface area contributed by atoms with Crippen molar-refractivity contribution in [3.63, 3.8) is 0 Å². The van der Waals surface area contributed by atoms with Gasteiger partial charge in [0.1, 0.15) is 0 Å². The number of benzene rings is 1. The summed E-state index contributed by atoms with van der Waals surface area (Å²) >= 11 is 0. The van der Waals surface area contributed by atoms with Gasteiger partial charge in [0.05, 0.1) is 0 Å². The Kier molecular flexibility index (Phi) is 6.90. The van der Waals surface area contributed by atoms with Gasteiger partial charge in [0.15, 0.2) is 0 Å². The van der Waals surface area contributed by atoms with Crippen molar-refractivity contribution in [3.05, 3.63) is 35.9 Å². The molecule has 0 aliphatic carbocycles. The third-order valence-corrected chi connectivity index (χ3v) is 1.25. The highest BCUT2D eigenvalue weighted by atomic mass is 31.1. The molecule has 11 heavy (non-hydrogen) atoms. The van der Waals surface area contributed by atoms with Crippen molar-refractivity contribution in [2.45, 2.75) is 13.3 Å². The molecule has 0 saturated carbocycles. The molecule has 0 aromatic heterocycles. The van der Waals surface area contributed by atoms with E-state index in [9.17, 15) is 0 Å². The van der Waals surface area contributed by atoms with Crippen molar-refractivity contribution in [3.8, 4) is 0 Å². The predicted octanol–water partition coefficient (Wildman–Crippen LogP) is 2.43. The molecule has 0 fully saturated rings. The summed E-state index contributed by atoms with van der Waals surface area (Å²) in [5.41, 5.74) is 1.41. The zero-order chi connectivity index (χ0) is 8.53. The maximum absolute atomic E-state index is 8.46. The Balaban J connectivity index is 0.000000292. The zero-order valence-corrected chi connectivity index (χ0v) is 7.29. The molecule has 1 rings (SSSR count). The van der Waals surface area contributed by atoms with Gasteiger partial charge < -0.3 is 4.89 Å². The standard InChI is InChI=1S/C8H10.HO2P/c1-2-8-6-4-3-5-7-8;1-3-2/h3-7H,2H2,1H3;(H,1,2). The van der Waals surface area contributed by atoms with Gasteiger partial charge in [0.2, 0.25) is 0 Å². The Hall–Kier alpha value is -0.720. The van der Waals surface area contributed by atoms with Crippen LogP contribution in [0.15, 0.2) is 30.3 Å². The molecule has 1 aromatic carbocycles. The summed E-state index contributed by atoms with van der Waals surface area (Å²) in [6.07, 6.45) is 1.14. The summed E-state index contributed by atoms with van der Waals surface area (Å²) in [5.74, 6) is 0. The van der Waals surface area contributed by atoms with E-state index in [1.165, 1.54) is 5.56 Å². The van der Waals surface area contributed by atoms with E-state index in [0.29, 0.717) is 0 Å². The normalized spacial score (nSPS) is 8.55. The summed E-state index contributed by atoms with van der Waals surface area (Å²) in [6.45, 7) is 2.16. The Morgan fingerprint density at radius 1 is 1.36 bits per heavy atom. The van der Waals surface area contributed by atoms with E-state index in [1.807, 2.05) is 6.07 Å². The lowest BCUT2D eigenvalue weighted by atomic mass is 10.2. The lowest BCUT2D eigenvalue weighted by Crippen LogP contribution is -1.73. The molecule has 0 atom stereocenters. The number of rotatable bonds is 1. The summed E-state index contributed by atoms with van der Waals surface area (Å²) in [7, 11) is -0.833. The molecule has 60 valence electrons. The Bertz CT molecular complexity index is 187. The number of aryl methyl sites for hydroxylation is 1. The fraction of sp³-hybridized carbons (Fsp3) is 0.250. The van der Waals surface area contributed by atoms with E-state index in [4.69, 9.17) is 9.46 Å². The molecular formula is C8H11O2P. The number of hydrogen-bond donors (Lipinski definition) is 1. The largest absolute Gasteiger partial charge is 0.324 e. The van der Waals surface area contributed by atoms with Gasteiger partial charge in [-0.3, -0.25) is 0 Å². The maximum Gasteiger partial charge on any atom is 0.324 e. The summed E-state index contributed by atoms with van der Waals surface area (Å²) < 4.78 is 8.46. The molecule has 2 nitrogen and oxygen atoms in total. The van der Waals surface area contributed by atoms with Crippen molar-refractivity contribution in [2.24, 2.45) is 0 Å². The monoisotopic (exact) mass is 170 g/mol. The third-order valence-electron chi connectivity index (χ3n) is 1.25. The molecule has 1 aromatic rings. The van der Waals surface area contributed by atoms with Gasteiger partial charge in [-0.05, 0) is 12.0 Å². The Morgan fingerprint density at radius 3 is 2.09 bits per heavy atom. The van der Waals surface area contributed by atoms with Crippen LogP contribution in [0.1, 0.15) is 12.5 Å². The lowest BCUT2D eigenvalue weighted by molar-refractivity contribution is 0.524. The van der Waals surface area contributed by atoms with Crippen LogP contribution in [0.5, 0.6) is 0 Å². The van der Waals surface area contributed by atoms with Gasteiger partial charge >= 0.3 is 8.69 Å². The van der Waals surface area contributed by atoms with Crippen LogP contribution < -0.4 is 0 Å². The molecule has 0 spiro atoms. The third kappa shape index (κ3) is 5.71.